The van der Waals surface area contributed by atoms with E-state index in [1.165, 1.54) is 11.4 Å². The summed E-state index contributed by atoms with van der Waals surface area (Å²) in [5.41, 5.74) is 0.0238. The Labute approximate surface area is 70.4 Å². The van der Waals surface area contributed by atoms with E-state index in [0.717, 1.165) is 11.3 Å². The topological polar surface area (TPSA) is 53.1 Å². The largest absolute Gasteiger partial charge is 0.477 e. The minimum atomic E-state index is -1.07. The van der Waals surface area contributed by atoms with Crippen molar-refractivity contribution in [1.82, 2.24) is 4.98 Å². The van der Waals surface area contributed by atoms with Gasteiger partial charge in [0.25, 0.3) is 0 Å². The van der Waals surface area contributed by atoms with Crippen LogP contribution in [0.1, 0.15) is 10.5 Å². The summed E-state index contributed by atoms with van der Waals surface area (Å²) < 4.78 is 12.8. The molecule has 0 fully saturated rings. The second-order valence-corrected chi connectivity index (χ2v) is 3.19. The third-order valence-electron chi connectivity index (χ3n) is 1.55. The van der Waals surface area contributed by atoms with E-state index in [0.29, 0.717) is 10.2 Å². The first-order chi connectivity index (χ1) is 5.68. The monoisotopic (exact) mass is 185 g/mol. The molecule has 2 N–H and O–H groups in total. The van der Waals surface area contributed by atoms with E-state index in [1.54, 1.807) is 0 Å². The first-order valence-electron chi connectivity index (χ1n) is 3.17. The summed E-state index contributed by atoms with van der Waals surface area (Å²) in [5.74, 6) is -1.45. The number of thiophene rings is 1. The van der Waals surface area contributed by atoms with Gasteiger partial charge in [0.05, 0.1) is 0 Å². The van der Waals surface area contributed by atoms with Crippen LogP contribution in [0.25, 0.3) is 10.2 Å². The molecule has 0 unspecified atom stereocenters. The highest BCUT2D eigenvalue weighted by Gasteiger charge is 2.11. The number of aromatic nitrogens is 1. The van der Waals surface area contributed by atoms with Crippen molar-refractivity contribution in [1.29, 1.82) is 0 Å². The van der Waals surface area contributed by atoms with Crippen LogP contribution >= 0.6 is 11.3 Å². The predicted octanol–water partition coefficient (Wildman–Crippen LogP) is 2.07. The molecule has 0 spiro atoms. The Morgan fingerprint density at radius 2 is 2.42 bits per heavy atom. The lowest BCUT2D eigenvalue weighted by atomic mass is 10.3. The number of halogens is 1. The molecule has 3 nitrogen and oxygen atoms in total. The number of fused-ring (bicyclic) bond motifs is 1. The normalized spacial score (nSPS) is 10.8. The minimum absolute atomic E-state index is 0.0238. The maximum atomic E-state index is 12.8. The first kappa shape index (κ1) is 7.30. The quantitative estimate of drug-likeness (QED) is 0.714. The molecule has 2 rings (SSSR count). The summed E-state index contributed by atoms with van der Waals surface area (Å²) in [4.78, 5) is 13.6. The lowest BCUT2D eigenvalue weighted by molar-refractivity contribution is 0.0691. The summed E-state index contributed by atoms with van der Waals surface area (Å²) in [6.45, 7) is 0. The molecule has 0 saturated heterocycles. The second kappa shape index (κ2) is 2.31. The zero-order chi connectivity index (χ0) is 8.72. The van der Waals surface area contributed by atoms with Gasteiger partial charge in [-0.15, -0.1) is 11.3 Å². The molecule has 0 amide bonds. The molecular weight excluding hydrogens is 181 g/mol. The smallest absolute Gasteiger partial charge is 0.352 e. The Balaban J connectivity index is 2.70. The van der Waals surface area contributed by atoms with Crippen molar-refractivity contribution in [3.8, 4) is 0 Å². The number of aromatic carboxylic acids is 1. The van der Waals surface area contributed by atoms with Gasteiger partial charge in [-0.2, -0.15) is 0 Å². The van der Waals surface area contributed by atoms with Crippen LogP contribution in [0.2, 0.25) is 0 Å². The number of carboxylic acids is 1. The van der Waals surface area contributed by atoms with Gasteiger partial charge in [0.2, 0.25) is 0 Å². The van der Waals surface area contributed by atoms with Crippen molar-refractivity contribution in [2.24, 2.45) is 0 Å². The zero-order valence-corrected chi connectivity index (χ0v) is 6.61. The van der Waals surface area contributed by atoms with Gasteiger partial charge in [-0.3, -0.25) is 0 Å². The molecule has 0 saturated carbocycles. The molecule has 5 heteroatoms. The third-order valence-corrected chi connectivity index (χ3v) is 2.43. The van der Waals surface area contributed by atoms with Crippen LogP contribution in [-0.2, 0) is 0 Å². The highest BCUT2D eigenvalue weighted by molar-refractivity contribution is 7.16. The molecular formula is C7H4FNO2S. The zero-order valence-electron chi connectivity index (χ0n) is 5.80. The van der Waals surface area contributed by atoms with E-state index in [2.05, 4.69) is 4.98 Å². The Hall–Kier alpha value is -1.36. The lowest BCUT2D eigenvalue weighted by Gasteiger charge is -1.82. The van der Waals surface area contributed by atoms with Crippen LogP contribution in [0.15, 0.2) is 11.4 Å². The van der Waals surface area contributed by atoms with E-state index in [-0.39, 0.29) is 11.5 Å². The molecule has 0 aliphatic carbocycles. The standard InChI is InChI=1S/C7H4FNO2S/c8-4-2-12-6-3(4)1-5(9-6)7(10)11/h1-2,9H,(H,10,11). The number of rotatable bonds is 1. The number of carbonyl (C=O) groups is 1. The second-order valence-electron chi connectivity index (χ2n) is 2.31. The fraction of sp³-hybridized carbons (Fsp3) is 0. The summed E-state index contributed by atoms with van der Waals surface area (Å²) in [5, 5.41) is 10.2. The molecule has 0 aliphatic rings. The molecule has 0 aliphatic heterocycles. The van der Waals surface area contributed by atoms with Gasteiger partial charge >= 0.3 is 5.97 Å². The van der Waals surface area contributed by atoms with Crippen molar-refractivity contribution in [3.05, 3.63) is 23.0 Å². The minimum Gasteiger partial charge on any atom is -0.477 e. The van der Waals surface area contributed by atoms with E-state index < -0.39 is 5.97 Å². The Kier molecular flexibility index (Phi) is 1.41. The van der Waals surface area contributed by atoms with Gasteiger partial charge in [-0.05, 0) is 6.07 Å². The Morgan fingerprint density at radius 1 is 1.67 bits per heavy atom. The molecule has 62 valence electrons. The van der Waals surface area contributed by atoms with Crippen molar-refractivity contribution < 1.29 is 14.3 Å². The number of hydrogen-bond donors (Lipinski definition) is 2. The summed E-state index contributed by atoms with van der Waals surface area (Å²) in [7, 11) is 0. The third kappa shape index (κ3) is 0.902. The van der Waals surface area contributed by atoms with Crippen molar-refractivity contribution >= 4 is 27.5 Å². The number of H-pyrrole nitrogens is 1. The summed E-state index contributed by atoms with van der Waals surface area (Å²) in [6, 6.07) is 1.30. The average molecular weight is 185 g/mol. The number of hydrogen-bond acceptors (Lipinski definition) is 2. The molecule has 2 aromatic rings. The van der Waals surface area contributed by atoms with Gasteiger partial charge in [-0.25, -0.2) is 9.18 Å². The van der Waals surface area contributed by atoms with Gasteiger partial charge in [-0.1, -0.05) is 0 Å². The van der Waals surface area contributed by atoms with E-state index in [1.807, 2.05) is 0 Å². The van der Waals surface area contributed by atoms with Crippen LogP contribution in [0.5, 0.6) is 0 Å². The first-order valence-corrected chi connectivity index (χ1v) is 4.05. The van der Waals surface area contributed by atoms with Gasteiger partial charge < -0.3 is 10.1 Å². The number of nitrogens with one attached hydrogen (secondary N) is 1. The van der Waals surface area contributed by atoms with Gasteiger partial charge in [0.1, 0.15) is 16.3 Å². The summed E-state index contributed by atoms with van der Waals surface area (Å²) >= 11 is 1.16. The molecule has 2 heterocycles. The maximum absolute atomic E-state index is 12.8. The van der Waals surface area contributed by atoms with Crippen LogP contribution in [0.3, 0.4) is 0 Å². The maximum Gasteiger partial charge on any atom is 0.352 e. The highest BCUT2D eigenvalue weighted by atomic mass is 32.1. The summed E-state index contributed by atoms with van der Waals surface area (Å²) in [6.07, 6.45) is 0. The van der Waals surface area contributed by atoms with Gasteiger partial charge in [0.15, 0.2) is 0 Å². The van der Waals surface area contributed by atoms with Crippen molar-refractivity contribution in [2.75, 3.05) is 0 Å². The fourth-order valence-corrected chi connectivity index (χ4v) is 1.80. The Morgan fingerprint density at radius 3 is 3.00 bits per heavy atom. The van der Waals surface area contributed by atoms with E-state index in [9.17, 15) is 9.18 Å². The van der Waals surface area contributed by atoms with Crippen LogP contribution in [-0.4, -0.2) is 16.1 Å². The van der Waals surface area contributed by atoms with Gasteiger partial charge in [0, 0.05) is 10.8 Å². The average Bonchev–Trinajstić information content (AvgIpc) is 2.53. The lowest BCUT2D eigenvalue weighted by Crippen LogP contribution is -1.94. The van der Waals surface area contributed by atoms with Crippen molar-refractivity contribution in [2.45, 2.75) is 0 Å². The van der Waals surface area contributed by atoms with Crippen LogP contribution in [0, 0.1) is 5.82 Å². The molecule has 0 atom stereocenters. The predicted molar refractivity (Wildman–Crippen MR) is 43.1 cm³/mol. The van der Waals surface area contributed by atoms with E-state index >= 15 is 0 Å². The number of carboxylic acid groups (broad SMARTS) is 1. The fourth-order valence-electron chi connectivity index (χ4n) is 0.995. The van der Waals surface area contributed by atoms with Crippen molar-refractivity contribution in [3.63, 3.8) is 0 Å². The molecule has 0 bridgehead atoms. The number of aromatic amines is 1. The SMILES string of the molecule is O=C(O)c1cc2c(F)csc2[nH]1. The molecule has 2 aromatic heterocycles. The van der Waals surface area contributed by atoms with Crippen LogP contribution in [0.4, 0.5) is 4.39 Å². The van der Waals surface area contributed by atoms with Crippen LogP contribution < -0.4 is 0 Å². The molecule has 0 aromatic carbocycles. The molecule has 0 radical (unpaired) electrons. The Bertz CT molecular complexity index is 445. The van der Waals surface area contributed by atoms with E-state index in [4.69, 9.17) is 5.11 Å². The molecule has 12 heavy (non-hydrogen) atoms. The highest BCUT2D eigenvalue weighted by Crippen LogP contribution is 2.24.